The lowest BCUT2D eigenvalue weighted by Gasteiger charge is -2.14. The lowest BCUT2D eigenvalue weighted by molar-refractivity contribution is -0.127. The molecule has 70 valence electrons. The molecular weight excluding hydrogens is 174 g/mol. The number of hydrogen-bond acceptors (Lipinski definition) is 1. The minimum Gasteiger partial charge on any atom is -0.341 e. The Morgan fingerprint density at radius 2 is 2.33 bits per heavy atom. The third-order valence-corrected chi connectivity index (χ3v) is 2.49. The fourth-order valence-corrected chi connectivity index (χ4v) is 1.79. The molecule has 0 aromatic heterocycles. The topological polar surface area (TPSA) is 20.3 Å². The average Bonchev–Trinajstić information content (AvgIpc) is 2.31. The molecule has 1 unspecified atom stereocenters. The quantitative estimate of drug-likeness (QED) is 0.490. The van der Waals surface area contributed by atoms with E-state index in [0.717, 1.165) is 19.5 Å². The number of unbranched alkanes of at least 4 members (excludes halogenated alkanes) is 2. The molecular formula is C9H16ClNO. The molecule has 0 bridgehead atoms. The maximum atomic E-state index is 11.2. The van der Waals surface area contributed by atoms with Crippen LogP contribution in [0.2, 0.25) is 0 Å². The van der Waals surface area contributed by atoms with Gasteiger partial charge in [0.1, 0.15) is 0 Å². The Kier molecular flexibility index (Phi) is 3.86. The molecule has 0 spiro atoms. The largest absolute Gasteiger partial charge is 0.341 e. The highest BCUT2D eigenvalue weighted by Crippen LogP contribution is 2.16. The summed E-state index contributed by atoms with van der Waals surface area (Å²) >= 11 is 5.85. The van der Waals surface area contributed by atoms with Gasteiger partial charge in [0.05, 0.1) is 5.38 Å². The highest BCUT2D eigenvalue weighted by atomic mass is 35.5. The monoisotopic (exact) mass is 189 g/mol. The van der Waals surface area contributed by atoms with Gasteiger partial charge in [-0.2, -0.15) is 0 Å². The Bertz CT molecular complexity index is 161. The molecule has 2 nitrogen and oxygen atoms in total. The first-order valence-corrected chi connectivity index (χ1v) is 5.09. The zero-order chi connectivity index (χ0) is 8.97. The number of alkyl halides is 1. The molecule has 1 fully saturated rings. The molecule has 0 radical (unpaired) electrons. The summed E-state index contributed by atoms with van der Waals surface area (Å²) in [7, 11) is 0. The van der Waals surface area contributed by atoms with Gasteiger partial charge in [-0.15, -0.1) is 11.6 Å². The minimum atomic E-state index is 0.0547. The van der Waals surface area contributed by atoms with Crippen LogP contribution < -0.4 is 0 Å². The average molecular weight is 190 g/mol. The van der Waals surface area contributed by atoms with Crippen LogP contribution in [-0.2, 0) is 4.79 Å². The molecule has 1 aliphatic heterocycles. The van der Waals surface area contributed by atoms with Gasteiger partial charge in [-0.25, -0.2) is 0 Å². The van der Waals surface area contributed by atoms with Gasteiger partial charge in [0.15, 0.2) is 0 Å². The van der Waals surface area contributed by atoms with Crippen LogP contribution in [0.25, 0.3) is 0 Å². The van der Waals surface area contributed by atoms with Crippen LogP contribution in [0.5, 0.6) is 0 Å². The Balaban J connectivity index is 2.19. The second-order valence-electron chi connectivity index (χ2n) is 3.35. The molecule has 0 aromatic rings. The summed E-state index contributed by atoms with van der Waals surface area (Å²) < 4.78 is 0. The van der Waals surface area contributed by atoms with Crippen molar-refractivity contribution in [2.75, 3.05) is 13.1 Å². The van der Waals surface area contributed by atoms with Crippen LogP contribution >= 0.6 is 11.6 Å². The molecule has 0 aromatic carbocycles. The molecule has 12 heavy (non-hydrogen) atoms. The number of carbonyl (C=O) groups excluding carboxylic acids is 1. The molecule has 1 amide bonds. The van der Waals surface area contributed by atoms with E-state index in [-0.39, 0.29) is 11.3 Å². The number of amides is 1. The number of hydrogen-bond donors (Lipinski definition) is 0. The fraction of sp³-hybridized carbons (Fsp3) is 0.889. The molecule has 0 saturated carbocycles. The molecule has 1 rings (SSSR count). The van der Waals surface area contributed by atoms with E-state index >= 15 is 0 Å². The molecule has 1 aliphatic rings. The van der Waals surface area contributed by atoms with Crippen molar-refractivity contribution in [1.29, 1.82) is 0 Å². The first-order chi connectivity index (χ1) is 5.74. The Morgan fingerprint density at radius 1 is 1.58 bits per heavy atom. The Morgan fingerprint density at radius 3 is 2.83 bits per heavy atom. The molecule has 3 heteroatoms. The van der Waals surface area contributed by atoms with E-state index in [1.807, 2.05) is 4.90 Å². The van der Waals surface area contributed by atoms with E-state index in [4.69, 9.17) is 11.6 Å². The molecule has 1 saturated heterocycles. The van der Waals surface area contributed by atoms with Crippen LogP contribution in [0.1, 0.15) is 32.6 Å². The maximum absolute atomic E-state index is 11.2. The summed E-state index contributed by atoms with van der Waals surface area (Å²) in [4.78, 5) is 13.1. The lowest BCUT2D eigenvalue weighted by Crippen LogP contribution is -2.26. The van der Waals surface area contributed by atoms with E-state index in [0.29, 0.717) is 6.42 Å². The first kappa shape index (κ1) is 9.85. The van der Waals surface area contributed by atoms with Gasteiger partial charge < -0.3 is 4.90 Å². The first-order valence-electron chi connectivity index (χ1n) is 4.66. The predicted molar refractivity (Wildman–Crippen MR) is 50.4 cm³/mol. The highest BCUT2D eigenvalue weighted by molar-refractivity contribution is 6.22. The Labute approximate surface area is 78.9 Å². The van der Waals surface area contributed by atoms with Crippen molar-refractivity contribution in [3.63, 3.8) is 0 Å². The van der Waals surface area contributed by atoms with Gasteiger partial charge in [-0.3, -0.25) is 4.79 Å². The smallest absolute Gasteiger partial charge is 0.224 e. The number of carbonyl (C=O) groups is 1. The fourth-order valence-electron chi connectivity index (χ4n) is 1.49. The predicted octanol–water partition coefficient (Wildman–Crippen LogP) is 2.02. The number of halogens is 1. The highest BCUT2D eigenvalue weighted by Gasteiger charge is 2.26. The van der Waals surface area contributed by atoms with Crippen LogP contribution in [0.15, 0.2) is 0 Å². The van der Waals surface area contributed by atoms with Gasteiger partial charge >= 0.3 is 0 Å². The molecule has 1 heterocycles. The standard InChI is InChI=1S/C9H16ClNO/c1-2-3-4-5-11-7-8(10)6-9(11)12/h8H,2-7H2,1H3. The van der Waals surface area contributed by atoms with Crippen molar-refractivity contribution in [3.05, 3.63) is 0 Å². The van der Waals surface area contributed by atoms with Gasteiger partial charge in [0.25, 0.3) is 0 Å². The summed E-state index contributed by atoms with van der Waals surface area (Å²) in [6.07, 6.45) is 4.06. The van der Waals surface area contributed by atoms with Gasteiger partial charge in [-0.05, 0) is 6.42 Å². The number of likely N-dealkylation sites (tertiary alicyclic amines) is 1. The number of rotatable bonds is 4. The minimum absolute atomic E-state index is 0.0547. The second-order valence-corrected chi connectivity index (χ2v) is 3.97. The summed E-state index contributed by atoms with van der Waals surface area (Å²) in [5, 5.41) is 0.0547. The normalized spacial score (nSPS) is 23.7. The molecule has 0 aliphatic carbocycles. The van der Waals surface area contributed by atoms with Crippen LogP contribution in [0.4, 0.5) is 0 Å². The van der Waals surface area contributed by atoms with Crippen molar-refractivity contribution in [2.45, 2.75) is 38.0 Å². The Hall–Kier alpha value is -0.240. The van der Waals surface area contributed by atoms with Gasteiger partial charge in [0.2, 0.25) is 5.91 Å². The molecule has 0 N–H and O–H groups in total. The van der Waals surface area contributed by atoms with Crippen molar-refractivity contribution < 1.29 is 4.79 Å². The summed E-state index contributed by atoms with van der Waals surface area (Å²) in [5.41, 5.74) is 0. The van der Waals surface area contributed by atoms with E-state index in [1.165, 1.54) is 12.8 Å². The zero-order valence-electron chi connectivity index (χ0n) is 7.55. The molecule has 1 atom stereocenters. The van der Waals surface area contributed by atoms with E-state index in [2.05, 4.69) is 6.92 Å². The van der Waals surface area contributed by atoms with Crippen LogP contribution in [0, 0.1) is 0 Å². The SMILES string of the molecule is CCCCCN1CC(Cl)CC1=O. The van der Waals surface area contributed by atoms with E-state index in [9.17, 15) is 4.79 Å². The van der Waals surface area contributed by atoms with Crippen LogP contribution in [0.3, 0.4) is 0 Å². The van der Waals surface area contributed by atoms with Crippen molar-refractivity contribution >= 4 is 17.5 Å². The van der Waals surface area contributed by atoms with E-state index < -0.39 is 0 Å². The van der Waals surface area contributed by atoms with Crippen molar-refractivity contribution in [1.82, 2.24) is 4.90 Å². The second kappa shape index (κ2) is 4.70. The lowest BCUT2D eigenvalue weighted by atomic mass is 10.2. The number of nitrogens with zero attached hydrogens (tertiary/aromatic N) is 1. The van der Waals surface area contributed by atoms with Crippen molar-refractivity contribution in [3.8, 4) is 0 Å². The van der Waals surface area contributed by atoms with E-state index in [1.54, 1.807) is 0 Å². The summed E-state index contributed by atoms with van der Waals surface area (Å²) in [5.74, 6) is 0.228. The summed E-state index contributed by atoms with van der Waals surface area (Å²) in [6.45, 7) is 3.82. The van der Waals surface area contributed by atoms with Crippen LogP contribution in [-0.4, -0.2) is 29.3 Å². The van der Waals surface area contributed by atoms with Gasteiger partial charge in [-0.1, -0.05) is 19.8 Å². The van der Waals surface area contributed by atoms with Crippen molar-refractivity contribution in [2.24, 2.45) is 0 Å². The maximum Gasteiger partial charge on any atom is 0.224 e. The zero-order valence-corrected chi connectivity index (χ0v) is 8.31. The third kappa shape index (κ3) is 2.67. The summed E-state index contributed by atoms with van der Waals surface area (Å²) in [6, 6.07) is 0. The third-order valence-electron chi connectivity index (χ3n) is 2.20. The van der Waals surface area contributed by atoms with Gasteiger partial charge in [0, 0.05) is 19.5 Å².